The highest BCUT2D eigenvalue weighted by atomic mass is 16.2. The molecule has 2 rings (SSSR count). The second kappa shape index (κ2) is 11.5. The molecular formula is C20H32N4O. The van der Waals surface area contributed by atoms with Crippen LogP contribution in [0.2, 0.25) is 0 Å². The van der Waals surface area contributed by atoms with Crippen LogP contribution in [0.15, 0.2) is 35.3 Å². The molecule has 3 N–H and O–H groups in total. The Morgan fingerprint density at radius 3 is 2.52 bits per heavy atom. The molecule has 1 aromatic rings. The van der Waals surface area contributed by atoms with E-state index in [1.807, 2.05) is 0 Å². The first-order valence-electron chi connectivity index (χ1n) is 9.63. The lowest BCUT2D eigenvalue weighted by Crippen LogP contribution is -2.41. The average Bonchev–Trinajstić information content (AvgIpc) is 3.47. The summed E-state index contributed by atoms with van der Waals surface area (Å²) in [6, 6.07) is 10.6. The summed E-state index contributed by atoms with van der Waals surface area (Å²) in [6.07, 6.45) is 6.73. The summed E-state index contributed by atoms with van der Waals surface area (Å²) in [5.41, 5.74) is 1.41. The minimum Gasteiger partial charge on any atom is -0.357 e. The fourth-order valence-corrected chi connectivity index (χ4v) is 2.65. The van der Waals surface area contributed by atoms with Gasteiger partial charge in [-0.05, 0) is 44.6 Å². The number of hydrogen-bond donors (Lipinski definition) is 3. The molecule has 0 spiro atoms. The number of guanidine groups is 1. The van der Waals surface area contributed by atoms with E-state index in [4.69, 9.17) is 0 Å². The van der Waals surface area contributed by atoms with Gasteiger partial charge in [0, 0.05) is 32.1 Å². The molecule has 1 fully saturated rings. The number of unbranched alkanes of at least 4 members (excludes halogenated alkanes) is 2. The van der Waals surface area contributed by atoms with E-state index in [0.29, 0.717) is 13.1 Å². The molecule has 1 aliphatic rings. The minimum absolute atomic E-state index is 0.196. The van der Waals surface area contributed by atoms with Crippen LogP contribution in [0.4, 0.5) is 0 Å². The molecule has 0 heterocycles. The largest absolute Gasteiger partial charge is 0.357 e. The molecule has 1 aliphatic carbocycles. The lowest BCUT2D eigenvalue weighted by atomic mass is 10.1. The Morgan fingerprint density at radius 1 is 1.04 bits per heavy atom. The van der Waals surface area contributed by atoms with E-state index < -0.39 is 0 Å². The Labute approximate surface area is 151 Å². The molecule has 1 amide bonds. The van der Waals surface area contributed by atoms with Crippen molar-refractivity contribution in [3.63, 3.8) is 0 Å². The Hall–Kier alpha value is -2.04. The number of aliphatic imine (C=N–C) groups is 1. The molecule has 0 aliphatic heterocycles. The second-order valence-corrected chi connectivity index (χ2v) is 6.55. The topological polar surface area (TPSA) is 65.5 Å². The van der Waals surface area contributed by atoms with E-state index in [1.165, 1.54) is 18.4 Å². The summed E-state index contributed by atoms with van der Waals surface area (Å²) in [7, 11) is 0. The highest BCUT2D eigenvalue weighted by Gasteiger charge is 2.28. The van der Waals surface area contributed by atoms with Gasteiger partial charge >= 0.3 is 0 Å². The Bertz CT molecular complexity index is 526. The number of carbonyl (C=O) groups is 1. The van der Waals surface area contributed by atoms with Gasteiger partial charge in [0.2, 0.25) is 5.91 Å². The van der Waals surface area contributed by atoms with Gasteiger partial charge < -0.3 is 16.0 Å². The van der Waals surface area contributed by atoms with Gasteiger partial charge in [0.25, 0.3) is 0 Å². The molecule has 0 radical (unpaired) electrons. The molecule has 0 atom stereocenters. The third-order valence-electron chi connectivity index (χ3n) is 4.25. The maximum Gasteiger partial charge on any atom is 0.223 e. The molecule has 25 heavy (non-hydrogen) atoms. The smallest absolute Gasteiger partial charge is 0.223 e. The van der Waals surface area contributed by atoms with Gasteiger partial charge in [-0.25, -0.2) is 0 Å². The molecule has 0 bridgehead atoms. The summed E-state index contributed by atoms with van der Waals surface area (Å²) in [4.78, 5) is 16.2. The van der Waals surface area contributed by atoms with Crippen LogP contribution >= 0.6 is 0 Å². The summed E-state index contributed by atoms with van der Waals surface area (Å²) in [6.45, 7) is 5.09. The number of nitrogens with one attached hydrogen (secondary N) is 3. The fourth-order valence-electron chi connectivity index (χ4n) is 2.65. The quantitative estimate of drug-likeness (QED) is 0.328. The third-order valence-corrected chi connectivity index (χ3v) is 4.25. The molecule has 0 saturated heterocycles. The summed E-state index contributed by atoms with van der Waals surface area (Å²) in [5, 5.41) is 9.48. The van der Waals surface area contributed by atoms with Gasteiger partial charge in [0.05, 0.1) is 0 Å². The van der Waals surface area contributed by atoms with Crippen molar-refractivity contribution in [2.75, 3.05) is 26.2 Å². The summed E-state index contributed by atoms with van der Waals surface area (Å²) < 4.78 is 0. The number of carbonyl (C=O) groups excluding carboxylic acids is 1. The third kappa shape index (κ3) is 8.57. The van der Waals surface area contributed by atoms with E-state index in [2.05, 4.69) is 58.2 Å². The average molecular weight is 345 g/mol. The van der Waals surface area contributed by atoms with Crippen molar-refractivity contribution in [2.24, 2.45) is 10.9 Å². The molecule has 5 heteroatoms. The van der Waals surface area contributed by atoms with Crippen molar-refractivity contribution in [3.8, 4) is 0 Å². The maximum atomic E-state index is 11.6. The van der Waals surface area contributed by atoms with Crippen molar-refractivity contribution in [1.29, 1.82) is 0 Å². The van der Waals surface area contributed by atoms with Crippen molar-refractivity contribution in [3.05, 3.63) is 35.9 Å². The van der Waals surface area contributed by atoms with Crippen molar-refractivity contribution >= 4 is 11.9 Å². The van der Waals surface area contributed by atoms with Crippen LogP contribution in [0.5, 0.6) is 0 Å². The Balaban J connectivity index is 1.54. The molecular weight excluding hydrogens is 312 g/mol. The van der Waals surface area contributed by atoms with Crippen molar-refractivity contribution < 1.29 is 4.79 Å². The van der Waals surface area contributed by atoms with Crippen LogP contribution in [0.1, 0.15) is 44.6 Å². The summed E-state index contributed by atoms with van der Waals surface area (Å²) in [5.74, 6) is 1.31. The van der Waals surface area contributed by atoms with E-state index in [-0.39, 0.29) is 11.8 Å². The van der Waals surface area contributed by atoms with E-state index in [9.17, 15) is 4.79 Å². The first-order chi connectivity index (χ1) is 12.3. The monoisotopic (exact) mass is 344 g/mol. The van der Waals surface area contributed by atoms with Crippen LogP contribution in [-0.2, 0) is 11.2 Å². The molecule has 1 saturated carbocycles. The highest BCUT2D eigenvalue weighted by molar-refractivity contribution is 5.81. The van der Waals surface area contributed by atoms with Crippen LogP contribution in [0.25, 0.3) is 0 Å². The van der Waals surface area contributed by atoms with Crippen LogP contribution < -0.4 is 16.0 Å². The molecule has 1 aromatic carbocycles. The number of amides is 1. The Kier molecular flexibility index (Phi) is 8.87. The zero-order valence-corrected chi connectivity index (χ0v) is 15.4. The molecule has 0 aromatic heterocycles. The first kappa shape index (κ1) is 19.3. The minimum atomic E-state index is 0.196. The SMILES string of the molecule is CCNC(=NCCCCCc1ccccc1)NCCNC(=O)C1CC1. The van der Waals surface area contributed by atoms with Gasteiger partial charge in [-0.15, -0.1) is 0 Å². The van der Waals surface area contributed by atoms with Crippen molar-refractivity contribution in [1.82, 2.24) is 16.0 Å². The molecule has 5 nitrogen and oxygen atoms in total. The predicted octanol–water partition coefficient (Wildman–Crippen LogP) is 2.48. The Morgan fingerprint density at radius 2 is 1.80 bits per heavy atom. The van der Waals surface area contributed by atoms with Gasteiger partial charge in [-0.1, -0.05) is 36.8 Å². The zero-order valence-electron chi connectivity index (χ0n) is 15.4. The fraction of sp³-hybridized carbons (Fsp3) is 0.600. The lowest BCUT2D eigenvalue weighted by molar-refractivity contribution is -0.122. The number of nitrogens with zero attached hydrogens (tertiary/aromatic N) is 1. The molecule has 0 unspecified atom stereocenters. The van der Waals surface area contributed by atoms with E-state index in [1.54, 1.807) is 0 Å². The van der Waals surface area contributed by atoms with Gasteiger partial charge in [0.15, 0.2) is 5.96 Å². The molecule has 138 valence electrons. The normalized spacial score (nSPS) is 14.2. The lowest BCUT2D eigenvalue weighted by Gasteiger charge is -2.11. The summed E-state index contributed by atoms with van der Waals surface area (Å²) >= 11 is 0. The number of rotatable bonds is 11. The standard InChI is InChI=1S/C20H32N4O/c1-2-21-20(24-16-15-22-19(25)18-12-13-18)23-14-8-4-7-11-17-9-5-3-6-10-17/h3,5-6,9-10,18H,2,4,7-8,11-16H2,1H3,(H,22,25)(H2,21,23,24). The predicted molar refractivity (Wildman–Crippen MR) is 104 cm³/mol. The number of benzene rings is 1. The van der Waals surface area contributed by atoms with E-state index >= 15 is 0 Å². The first-order valence-corrected chi connectivity index (χ1v) is 9.63. The second-order valence-electron chi connectivity index (χ2n) is 6.55. The van der Waals surface area contributed by atoms with Crippen LogP contribution in [-0.4, -0.2) is 38.0 Å². The van der Waals surface area contributed by atoms with Gasteiger partial charge in [-0.2, -0.15) is 0 Å². The van der Waals surface area contributed by atoms with Crippen molar-refractivity contribution in [2.45, 2.75) is 45.4 Å². The number of hydrogen-bond acceptors (Lipinski definition) is 2. The van der Waals surface area contributed by atoms with Crippen LogP contribution in [0, 0.1) is 5.92 Å². The maximum absolute atomic E-state index is 11.6. The number of aryl methyl sites for hydroxylation is 1. The van der Waals surface area contributed by atoms with Crippen LogP contribution in [0.3, 0.4) is 0 Å². The van der Waals surface area contributed by atoms with Gasteiger partial charge in [-0.3, -0.25) is 9.79 Å². The zero-order chi connectivity index (χ0) is 17.7. The van der Waals surface area contributed by atoms with Gasteiger partial charge in [0.1, 0.15) is 0 Å². The highest BCUT2D eigenvalue weighted by Crippen LogP contribution is 2.28. The van der Waals surface area contributed by atoms with E-state index in [0.717, 1.165) is 44.7 Å².